The minimum Gasteiger partial charge on any atom is -0.354 e. The maximum atomic E-state index is 12.5. The van der Waals surface area contributed by atoms with E-state index >= 15 is 0 Å². The number of amides is 2. The zero-order valence-corrected chi connectivity index (χ0v) is 14.0. The van der Waals surface area contributed by atoms with Gasteiger partial charge in [0, 0.05) is 44.5 Å². The third-order valence-electron chi connectivity index (χ3n) is 4.42. The molecule has 0 saturated carbocycles. The number of nitrogens with one attached hydrogen (secondary N) is 1. The van der Waals surface area contributed by atoms with Gasteiger partial charge in [-0.05, 0) is 25.0 Å². The summed E-state index contributed by atoms with van der Waals surface area (Å²) in [5, 5.41) is 2.96. The highest BCUT2D eigenvalue weighted by atomic mass is 16.2. The van der Waals surface area contributed by atoms with Crippen LogP contribution in [-0.4, -0.2) is 34.0 Å². The first-order valence-electron chi connectivity index (χ1n) is 8.21. The summed E-state index contributed by atoms with van der Waals surface area (Å²) in [7, 11) is 0. The smallest absolute Gasteiger partial charge is 0.243 e. The lowest BCUT2D eigenvalue weighted by Crippen LogP contribution is -2.47. The summed E-state index contributed by atoms with van der Waals surface area (Å²) in [6.45, 7) is 4.85. The van der Waals surface area contributed by atoms with Gasteiger partial charge in [-0.3, -0.25) is 14.5 Å². The SMILES string of the molecule is CC(=O)N1c2ccccc2C[C@H]1C(=O)NCCCn1ccnc1C. The molecule has 1 aromatic carbocycles. The van der Waals surface area contributed by atoms with E-state index in [4.69, 9.17) is 0 Å². The van der Waals surface area contributed by atoms with Gasteiger partial charge in [0.05, 0.1) is 0 Å². The molecule has 1 aromatic heterocycles. The Bertz CT molecular complexity index is 753. The normalized spacial score (nSPS) is 16.1. The summed E-state index contributed by atoms with van der Waals surface area (Å²) in [6, 6.07) is 7.24. The zero-order chi connectivity index (χ0) is 17.1. The maximum absolute atomic E-state index is 12.5. The number of anilines is 1. The van der Waals surface area contributed by atoms with E-state index in [1.54, 1.807) is 11.1 Å². The second-order valence-corrected chi connectivity index (χ2v) is 6.05. The van der Waals surface area contributed by atoms with Gasteiger partial charge in [0.25, 0.3) is 0 Å². The number of hydrogen-bond acceptors (Lipinski definition) is 3. The van der Waals surface area contributed by atoms with Gasteiger partial charge in [-0.15, -0.1) is 0 Å². The third-order valence-corrected chi connectivity index (χ3v) is 4.42. The molecule has 0 spiro atoms. The number of fused-ring (bicyclic) bond motifs is 1. The molecule has 2 amide bonds. The van der Waals surface area contributed by atoms with E-state index < -0.39 is 6.04 Å². The third kappa shape index (κ3) is 3.18. The van der Waals surface area contributed by atoms with E-state index in [9.17, 15) is 9.59 Å². The molecular formula is C18H22N4O2. The van der Waals surface area contributed by atoms with Crippen LogP contribution in [-0.2, 0) is 22.6 Å². The summed E-state index contributed by atoms with van der Waals surface area (Å²) < 4.78 is 2.06. The van der Waals surface area contributed by atoms with Gasteiger partial charge in [0.15, 0.2) is 0 Å². The van der Waals surface area contributed by atoms with Crippen LogP contribution in [0, 0.1) is 6.92 Å². The molecule has 1 aliphatic heterocycles. The minimum absolute atomic E-state index is 0.0937. The number of hydrogen-bond donors (Lipinski definition) is 1. The molecule has 1 aliphatic rings. The largest absolute Gasteiger partial charge is 0.354 e. The Kier molecular flexibility index (Phi) is 4.64. The summed E-state index contributed by atoms with van der Waals surface area (Å²) in [6.07, 6.45) is 5.10. The number of imidazole rings is 1. The van der Waals surface area contributed by atoms with Crippen molar-refractivity contribution in [1.29, 1.82) is 0 Å². The molecule has 0 fully saturated rings. The topological polar surface area (TPSA) is 67.2 Å². The van der Waals surface area contributed by atoms with Crippen molar-refractivity contribution >= 4 is 17.5 Å². The number of para-hydroxylation sites is 1. The number of nitrogens with zero attached hydrogens (tertiary/aromatic N) is 3. The quantitative estimate of drug-likeness (QED) is 0.850. The van der Waals surface area contributed by atoms with E-state index in [-0.39, 0.29) is 11.8 Å². The van der Waals surface area contributed by atoms with Crippen molar-refractivity contribution in [2.24, 2.45) is 0 Å². The molecule has 1 atom stereocenters. The highest BCUT2D eigenvalue weighted by molar-refractivity contribution is 6.02. The van der Waals surface area contributed by atoms with Crippen molar-refractivity contribution in [2.75, 3.05) is 11.4 Å². The van der Waals surface area contributed by atoms with E-state index in [1.807, 2.05) is 37.4 Å². The molecule has 6 nitrogen and oxygen atoms in total. The lowest BCUT2D eigenvalue weighted by Gasteiger charge is -2.23. The summed E-state index contributed by atoms with van der Waals surface area (Å²) >= 11 is 0. The molecule has 2 aromatic rings. The summed E-state index contributed by atoms with van der Waals surface area (Å²) in [5.41, 5.74) is 1.89. The Morgan fingerprint density at radius 2 is 2.12 bits per heavy atom. The van der Waals surface area contributed by atoms with Crippen molar-refractivity contribution in [1.82, 2.24) is 14.9 Å². The molecule has 6 heteroatoms. The zero-order valence-electron chi connectivity index (χ0n) is 14.0. The minimum atomic E-state index is -0.449. The van der Waals surface area contributed by atoms with Gasteiger partial charge >= 0.3 is 0 Å². The predicted octanol–water partition coefficient (Wildman–Crippen LogP) is 1.68. The molecule has 1 N–H and O–H groups in total. The van der Waals surface area contributed by atoms with Crippen molar-refractivity contribution in [3.8, 4) is 0 Å². The Morgan fingerprint density at radius 1 is 1.33 bits per heavy atom. The first kappa shape index (κ1) is 16.2. The van der Waals surface area contributed by atoms with Crippen molar-refractivity contribution < 1.29 is 9.59 Å². The van der Waals surface area contributed by atoms with Crippen molar-refractivity contribution in [2.45, 2.75) is 39.3 Å². The fourth-order valence-electron chi connectivity index (χ4n) is 3.20. The van der Waals surface area contributed by atoms with Crippen LogP contribution in [0.15, 0.2) is 36.7 Å². The molecule has 2 heterocycles. The lowest BCUT2D eigenvalue weighted by molar-refractivity contribution is -0.125. The Balaban J connectivity index is 1.57. The lowest BCUT2D eigenvalue weighted by atomic mass is 10.1. The molecule has 0 bridgehead atoms. The number of carbonyl (C=O) groups is 2. The molecule has 3 rings (SSSR count). The molecular weight excluding hydrogens is 304 g/mol. The number of rotatable bonds is 5. The fraction of sp³-hybridized carbons (Fsp3) is 0.389. The van der Waals surface area contributed by atoms with Gasteiger partial charge < -0.3 is 9.88 Å². The second kappa shape index (κ2) is 6.86. The van der Waals surface area contributed by atoms with Gasteiger partial charge in [-0.1, -0.05) is 18.2 Å². The van der Waals surface area contributed by atoms with Crippen LogP contribution in [0.25, 0.3) is 0 Å². The average Bonchev–Trinajstić information content (AvgIpc) is 3.14. The number of aryl methyl sites for hydroxylation is 2. The van der Waals surface area contributed by atoms with E-state index in [1.165, 1.54) is 6.92 Å². The van der Waals surface area contributed by atoms with Crippen molar-refractivity contribution in [3.05, 3.63) is 48.0 Å². The number of carbonyl (C=O) groups excluding carboxylic acids is 2. The predicted molar refractivity (Wildman–Crippen MR) is 91.7 cm³/mol. The van der Waals surface area contributed by atoms with Gasteiger partial charge in [-0.25, -0.2) is 4.98 Å². The molecule has 126 valence electrons. The number of aromatic nitrogens is 2. The molecule has 0 aliphatic carbocycles. The standard InChI is InChI=1S/C18H22N4O2/c1-13-19-9-11-21(13)10-5-8-20-18(24)17-12-15-6-3-4-7-16(15)22(17)14(2)23/h3-4,6-7,9,11,17H,5,8,10,12H2,1-2H3,(H,20,24)/t17-/m0/s1. The van der Waals surface area contributed by atoms with Gasteiger partial charge in [0.1, 0.15) is 11.9 Å². The van der Waals surface area contributed by atoms with E-state index in [0.29, 0.717) is 13.0 Å². The molecule has 24 heavy (non-hydrogen) atoms. The van der Waals surface area contributed by atoms with Crippen LogP contribution in [0.3, 0.4) is 0 Å². The van der Waals surface area contributed by atoms with Crippen LogP contribution in [0.5, 0.6) is 0 Å². The molecule has 0 radical (unpaired) electrons. The second-order valence-electron chi connectivity index (χ2n) is 6.05. The molecule has 0 unspecified atom stereocenters. The maximum Gasteiger partial charge on any atom is 0.243 e. The number of benzene rings is 1. The Labute approximate surface area is 141 Å². The van der Waals surface area contributed by atoms with Crippen LogP contribution >= 0.6 is 0 Å². The summed E-state index contributed by atoms with van der Waals surface area (Å²) in [4.78, 5) is 30.3. The Hall–Kier alpha value is -2.63. The van der Waals surface area contributed by atoms with Crippen LogP contribution < -0.4 is 10.2 Å². The monoisotopic (exact) mass is 326 g/mol. The fourth-order valence-corrected chi connectivity index (χ4v) is 3.20. The van der Waals surface area contributed by atoms with Gasteiger partial charge in [0.2, 0.25) is 11.8 Å². The van der Waals surface area contributed by atoms with Crippen molar-refractivity contribution in [3.63, 3.8) is 0 Å². The van der Waals surface area contributed by atoms with E-state index in [0.717, 1.165) is 30.0 Å². The van der Waals surface area contributed by atoms with Crippen LogP contribution in [0.1, 0.15) is 24.7 Å². The highest BCUT2D eigenvalue weighted by Gasteiger charge is 2.36. The summed E-state index contributed by atoms with van der Waals surface area (Å²) in [5.74, 6) is 0.771. The van der Waals surface area contributed by atoms with Gasteiger partial charge in [-0.2, -0.15) is 0 Å². The Morgan fingerprint density at radius 3 is 2.83 bits per heavy atom. The first-order chi connectivity index (χ1) is 11.6. The van der Waals surface area contributed by atoms with Crippen LogP contribution in [0.4, 0.5) is 5.69 Å². The van der Waals surface area contributed by atoms with Crippen LogP contribution in [0.2, 0.25) is 0 Å². The van der Waals surface area contributed by atoms with E-state index in [2.05, 4.69) is 14.9 Å². The first-order valence-corrected chi connectivity index (χ1v) is 8.21. The molecule has 0 saturated heterocycles. The average molecular weight is 326 g/mol. The highest BCUT2D eigenvalue weighted by Crippen LogP contribution is 2.32.